The molecule has 0 saturated carbocycles. The third kappa shape index (κ3) is 1.98. The summed E-state index contributed by atoms with van der Waals surface area (Å²) < 4.78 is 0. The third-order valence-corrected chi connectivity index (χ3v) is 3.09. The molecule has 84 valence electrons. The molecule has 0 spiro atoms. The van der Waals surface area contributed by atoms with Crippen LogP contribution in [0.15, 0.2) is 23.7 Å². The van der Waals surface area contributed by atoms with Gasteiger partial charge in [-0.25, -0.2) is 4.98 Å². The molecule has 1 unspecified atom stereocenters. The molecule has 0 aliphatic carbocycles. The number of rotatable bonds is 4. The van der Waals surface area contributed by atoms with Crippen molar-refractivity contribution in [1.82, 2.24) is 15.3 Å². The highest BCUT2D eigenvalue weighted by Gasteiger charge is 2.20. The first-order valence-electron chi connectivity index (χ1n) is 4.71. The van der Waals surface area contributed by atoms with Crippen LogP contribution in [0.3, 0.4) is 0 Å². The number of aromatic nitrogens is 2. The predicted molar refractivity (Wildman–Crippen MR) is 61.3 cm³/mol. The number of carboxylic acid groups (broad SMARTS) is 1. The molecular formula is C10H11N3O2S. The largest absolute Gasteiger partial charge is 0.480 e. The van der Waals surface area contributed by atoms with E-state index in [1.165, 1.54) is 0 Å². The van der Waals surface area contributed by atoms with E-state index in [0.717, 1.165) is 10.6 Å². The standard InChI is InChI=1S/C10H11N3O2S/c1-11-8(10(14)15)9-12-5-6(13-9)7-3-2-4-16-7/h2-5,8,11H,1H3,(H,12,13)(H,14,15). The van der Waals surface area contributed by atoms with E-state index < -0.39 is 12.0 Å². The first-order valence-corrected chi connectivity index (χ1v) is 5.59. The molecule has 0 saturated heterocycles. The van der Waals surface area contributed by atoms with Crippen LogP contribution in [-0.2, 0) is 4.79 Å². The molecule has 0 bridgehead atoms. The molecule has 0 aliphatic rings. The van der Waals surface area contributed by atoms with Gasteiger partial charge in [-0.3, -0.25) is 4.79 Å². The molecule has 1 atom stereocenters. The summed E-state index contributed by atoms with van der Waals surface area (Å²) in [6.45, 7) is 0. The summed E-state index contributed by atoms with van der Waals surface area (Å²) in [5.41, 5.74) is 0.839. The number of nitrogens with one attached hydrogen (secondary N) is 2. The van der Waals surface area contributed by atoms with Crippen LogP contribution < -0.4 is 5.32 Å². The minimum atomic E-state index is -0.949. The zero-order valence-corrected chi connectivity index (χ0v) is 9.41. The summed E-state index contributed by atoms with van der Waals surface area (Å²) in [6.07, 6.45) is 1.65. The number of carboxylic acids is 1. The molecule has 0 aliphatic heterocycles. The van der Waals surface area contributed by atoms with E-state index in [4.69, 9.17) is 5.11 Å². The Morgan fingerprint density at radius 1 is 1.69 bits per heavy atom. The topological polar surface area (TPSA) is 78.0 Å². The van der Waals surface area contributed by atoms with Gasteiger partial charge in [0.05, 0.1) is 16.8 Å². The quantitative estimate of drug-likeness (QED) is 0.752. The van der Waals surface area contributed by atoms with Crippen LogP contribution in [0.4, 0.5) is 0 Å². The lowest BCUT2D eigenvalue weighted by atomic mass is 10.3. The van der Waals surface area contributed by atoms with E-state index in [1.54, 1.807) is 24.6 Å². The molecule has 16 heavy (non-hydrogen) atoms. The summed E-state index contributed by atoms with van der Waals surface area (Å²) in [7, 11) is 1.59. The smallest absolute Gasteiger partial charge is 0.328 e. The molecule has 2 aromatic rings. The van der Waals surface area contributed by atoms with Gasteiger partial charge in [-0.15, -0.1) is 11.3 Å². The highest BCUT2D eigenvalue weighted by Crippen LogP contribution is 2.23. The van der Waals surface area contributed by atoms with Crippen LogP contribution in [0.5, 0.6) is 0 Å². The Morgan fingerprint density at radius 2 is 2.50 bits per heavy atom. The number of aromatic amines is 1. The van der Waals surface area contributed by atoms with Crippen molar-refractivity contribution in [3.05, 3.63) is 29.5 Å². The van der Waals surface area contributed by atoms with Gasteiger partial charge in [0.15, 0.2) is 6.04 Å². The van der Waals surface area contributed by atoms with Crippen molar-refractivity contribution in [3.63, 3.8) is 0 Å². The molecule has 6 heteroatoms. The highest BCUT2D eigenvalue weighted by atomic mass is 32.1. The molecule has 0 radical (unpaired) electrons. The first-order chi connectivity index (χ1) is 7.72. The minimum Gasteiger partial charge on any atom is -0.480 e. The maximum Gasteiger partial charge on any atom is 0.328 e. The van der Waals surface area contributed by atoms with Gasteiger partial charge in [0.25, 0.3) is 0 Å². The Kier molecular flexibility index (Phi) is 3.02. The maximum absolute atomic E-state index is 10.9. The second kappa shape index (κ2) is 4.46. The summed E-state index contributed by atoms with van der Waals surface area (Å²) in [4.78, 5) is 19.0. The summed E-state index contributed by atoms with van der Waals surface area (Å²) >= 11 is 1.58. The van der Waals surface area contributed by atoms with E-state index in [-0.39, 0.29) is 0 Å². The summed E-state index contributed by atoms with van der Waals surface area (Å²) in [5, 5.41) is 13.6. The van der Waals surface area contributed by atoms with E-state index >= 15 is 0 Å². The summed E-state index contributed by atoms with van der Waals surface area (Å²) in [5.74, 6) is -0.534. The molecule has 0 aromatic carbocycles. The molecule has 3 N–H and O–H groups in total. The summed E-state index contributed by atoms with van der Waals surface area (Å²) in [6, 6.07) is 3.10. The van der Waals surface area contributed by atoms with Crippen molar-refractivity contribution in [2.45, 2.75) is 6.04 Å². The van der Waals surface area contributed by atoms with Crippen molar-refractivity contribution >= 4 is 17.3 Å². The average Bonchev–Trinajstić information content (AvgIpc) is 2.86. The van der Waals surface area contributed by atoms with Gasteiger partial charge in [-0.2, -0.15) is 0 Å². The second-order valence-electron chi connectivity index (χ2n) is 3.22. The number of H-pyrrole nitrogens is 1. The Hall–Kier alpha value is -1.66. The number of carbonyl (C=O) groups is 1. The van der Waals surface area contributed by atoms with Gasteiger partial charge in [0.1, 0.15) is 5.82 Å². The van der Waals surface area contributed by atoms with Crippen molar-refractivity contribution in [2.24, 2.45) is 0 Å². The third-order valence-electron chi connectivity index (χ3n) is 2.19. The Bertz CT molecular complexity index is 478. The van der Waals surface area contributed by atoms with Gasteiger partial charge in [-0.1, -0.05) is 6.07 Å². The minimum absolute atomic E-state index is 0.415. The fourth-order valence-electron chi connectivity index (χ4n) is 1.42. The fraction of sp³-hybridized carbons (Fsp3) is 0.200. The molecule has 0 fully saturated rings. The molecule has 0 amide bonds. The van der Waals surface area contributed by atoms with E-state index in [2.05, 4.69) is 15.3 Å². The van der Waals surface area contributed by atoms with Gasteiger partial charge < -0.3 is 15.4 Å². The van der Waals surface area contributed by atoms with Crippen molar-refractivity contribution in [3.8, 4) is 10.6 Å². The Morgan fingerprint density at radius 3 is 3.06 bits per heavy atom. The highest BCUT2D eigenvalue weighted by molar-refractivity contribution is 7.13. The first kappa shape index (κ1) is 10.8. The van der Waals surface area contributed by atoms with E-state index in [0.29, 0.717) is 5.82 Å². The molecule has 2 aromatic heterocycles. The Labute approximate surface area is 96.2 Å². The number of likely N-dealkylation sites (N-methyl/N-ethyl adjacent to an activating group) is 1. The average molecular weight is 237 g/mol. The van der Waals surface area contributed by atoms with Crippen molar-refractivity contribution in [2.75, 3.05) is 7.05 Å². The number of imidazole rings is 1. The zero-order chi connectivity index (χ0) is 11.5. The maximum atomic E-state index is 10.9. The number of thiophene rings is 1. The number of hydrogen-bond donors (Lipinski definition) is 3. The number of hydrogen-bond acceptors (Lipinski definition) is 4. The van der Waals surface area contributed by atoms with Crippen LogP contribution in [0, 0.1) is 0 Å². The van der Waals surface area contributed by atoms with Gasteiger partial charge in [0, 0.05) is 0 Å². The number of nitrogens with zero attached hydrogens (tertiary/aromatic N) is 1. The van der Waals surface area contributed by atoms with E-state index in [1.807, 2.05) is 17.5 Å². The fourth-order valence-corrected chi connectivity index (χ4v) is 2.11. The lowest BCUT2D eigenvalue weighted by molar-refractivity contribution is -0.139. The number of aliphatic carboxylic acids is 1. The second-order valence-corrected chi connectivity index (χ2v) is 4.17. The van der Waals surface area contributed by atoms with Gasteiger partial charge in [-0.05, 0) is 18.5 Å². The zero-order valence-electron chi connectivity index (χ0n) is 8.60. The molecule has 2 rings (SSSR count). The van der Waals surface area contributed by atoms with Crippen LogP contribution in [0.25, 0.3) is 10.6 Å². The lowest BCUT2D eigenvalue weighted by Gasteiger charge is -2.06. The van der Waals surface area contributed by atoms with Crippen LogP contribution in [-0.4, -0.2) is 28.1 Å². The predicted octanol–water partition coefficient (Wildman–Crippen LogP) is 1.48. The SMILES string of the molecule is CNC(C(=O)O)c1ncc(-c2cccs2)[nH]1. The normalized spacial score (nSPS) is 12.6. The van der Waals surface area contributed by atoms with Crippen LogP contribution in [0.1, 0.15) is 11.9 Å². The van der Waals surface area contributed by atoms with Crippen LogP contribution in [0.2, 0.25) is 0 Å². The monoisotopic (exact) mass is 237 g/mol. The van der Waals surface area contributed by atoms with Crippen molar-refractivity contribution in [1.29, 1.82) is 0 Å². The molecule has 5 nitrogen and oxygen atoms in total. The van der Waals surface area contributed by atoms with Crippen molar-refractivity contribution < 1.29 is 9.90 Å². The molecular weight excluding hydrogens is 226 g/mol. The van der Waals surface area contributed by atoms with Crippen LogP contribution >= 0.6 is 11.3 Å². The van der Waals surface area contributed by atoms with E-state index in [9.17, 15) is 4.79 Å². The lowest BCUT2D eigenvalue weighted by Crippen LogP contribution is -2.26. The van der Waals surface area contributed by atoms with Gasteiger partial charge in [0.2, 0.25) is 0 Å². The molecule has 2 heterocycles. The Balaban J connectivity index is 2.29. The van der Waals surface area contributed by atoms with Gasteiger partial charge >= 0.3 is 5.97 Å².